The molecule has 0 fully saturated rings. The lowest BCUT2D eigenvalue weighted by atomic mass is 9.97. The third kappa shape index (κ3) is 2.61. The molecule has 3 heteroatoms. The van der Waals surface area contributed by atoms with Crippen LogP contribution in [0.1, 0.15) is 42.5 Å². The van der Waals surface area contributed by atoms with Crippen molar-refractivity contribution in [2.45, 2.75) is 25.8 Å². The summed E-state index contributed by atoms with van der Waals surface area (Å²) in [5, 5.41) is 0. The summed E-state index contributed by atoms with van der Waals surface area (Å²) < 4.78 is 5.91. The number of benzene rings is 1. The first-order valence-corrected chi connectivity index (χ1v) is 6.47. The average Bonchev–Trinajstić information content (AvgIpc) is 2.74. The normalized spacial score (nSPS) is 13.0. The Morgan fingerprint density at radius 1 is 1.06 bits per heavy atom. The number of hydrogen-bond acceptors (Lipinski definition) is 2. The van der Waals surface area contributed by atoms with Gasteiger partial charge in [-0.05, 0) is 39.0 Å². The number of nitrogens with two attached hydrogens (primary N) is 1. The third-order valence-electron chi connectivity index (χ3n) is 2.94. The first-order chi connectivity index (χ1) is 8.09. The maximum atomic E-state index is 6.20. The molecule has 0 radical (unpaired) electrons. The van der Waals surface area contributed by atoms with Gasteiger partial charge in [0.25, 0.3) is 0 Å². The highest BCUT2D eigenvalue weighted by atomic mass is 79.9. The first-order valence-electron chi connectivity index (χ1n) is 5.68. The second kappa shape index (κ2) is 5.07. The van der Waals surface area contributed by atoms with Crippen molar-refractivity contribution in [2.75, 3.05) is 0 Å². The summed E-state index contributed by atoms with van der Waals surface area (Å²) in [4.78, 5) is 0. The molecule has 0 aliphatic heterocycles. The van der Waals surface area contributed by atoms with Gasteiger partial charge in [-0.2, -0.15) is 0 Å². The van der Waals surface area contributed by atoms with Gasteiger partial charge in [0.05, 0.1) is 12.3 Å². The van der Waals surface area contributed by atoms with Crippen LogP contribution >= 0.6 is 15.9 Å². The molecule has 0 amide bonds. The minimum atomic E-state index is -0.149. The van der Waals surface area contributed by atoms with Crippen LogP contribution in [0.5, 0.6) is 0 Å². The molecule has 1 aromatic carbocycles. The molecule has 1 unspecified atom stereocenters. The van der Waals surface area contributed by atoms with E-state index in [0.717, 1.165) is 11.1 Å². The molecule has 1 aromatic heterocycles. The zero-order valence-electron chi connectivity index (χ0n) is 9.98. The van der Waals surface area contributed by atoms with Crippen LogP contribution in [0.25, 0.3) is 0 Å². The lowest BCUT2D eigenvalue weighted by molar-refractivity contribution is 0.534. The molecule has 2 aromatic rings. The van der Waals surface area contributed by atoms with Crippen LogP contribution in [-0.2, 0) is 0 Å². The maximum absolute atomic E-state index is 6.20. The summed E-state index contributed by atoms with van der Waals surface area (Å²) in [6.45, 7) is 4.36. The second-order valence-electron chi connectivity index (χ2n) is 4.45. The Bertz CT molecular complexity index is 487. The minimum absolute atomic E-state index is 0.149. The third-order valence-corrected chi connectivity index (χ3v) is 3.59. The van der Waals surface area contributed by atoms with E-state index in [-0.39, 0.29) is 6.04 Å². The van der Waals surface area contributed by atoms with Crippen LogP contribution in [0.15, 0.2) is 45.7 Å². The fourth-order valence-corrected chi connectivity index (χ4v) is 2.28. The quantitative estimate of drug-likeness (QED) is 0.920. The van der Waals surface area contributed by atoms with Crippen molar-refractivity contribution >= 4 is 15.9 Å². The SMILES string of the molecule is CC(C)c1ccc(C(N)c2ccoc2Br)cc1. The summed E-state index contributed by atoms with van der Waals surface area (Å²) in [5.41, 5.74) is 9.59. The molecule has 2 rings (SSSR count). The van der Waals surface area contributed by atoms with E-state index >= 15 is 0 Å². The van der Waals surface area contributed by atoms with E-state index in [1.54, 1.807) is 6.26 Å². The largest absolute Gasteiger partial charge is 0.457 e. The molecule has 2 nitrogen and oxygen atoms in total. The molecule has 0 aliphatic rings. The Morgan fingerprint density at radius 2 is 1.65 bits per heavy atom. The molecule has 0 spiro atoms. The van der Waals surface area contributed by atoms with E-state index in [9.17, 15) is 0 Å². The molecule has 17 heavy (non-hydrogen) atoms. The fraction of sp³-hybridized carbons (Fsp3) is 0.286. The summed E-state index contributed by atoms with van der Waals surface area (Å²) >= 11 is 3.36. The van der Waals surface area contributed by atoms with Gasteiger partial charge in [0.1, 0.15) is 0 Å². The molecular formula is C14H16BrNO. The molecule has 0 aliphatic carbocycles. The van der Waals surface area contributed by atoms with Gasteiger partial charge in [-0.15, -0.1) is 0 Å². The minimum Gasteiger partial charge on any atom is -0.457 e. The number of halogens is 1. The monoisotopic (exact) mass is 293 g/mol. The van der Waals surface area contributed by atoms with Crippen molar-refractivity contribution < 1.29 is 4.42 Å². The highest BCUT2D eigenvalue weighted by Gasteiger charge is 2.14. The standard InChI is InChI=1S/C14H16BrNO/c1-9(2)10-3-5-11(6-4-10)13(16)12-7-8-17-14(12)15/h3-9,13H,16H2,1-2H3. The average molecular weight is 294 g/mol. The smallest absolute Gasteiger partial charge is 0.174 e. The molecule has 0 saturated heterocycles. The number of furan rings is 1. The molecule has 0 bridgehead atoms. The Kier molecular flexibility index (Phi) is 3.69. The number of hydrogen-bond donors (Lipinski definition) is 1. The van der Waals surface area contributed by atoms with Crippen molar-refractivity contribution in [3.8, 4) is 0 Å². The lowest BCUT2D eigenvalue weighted by Crippen LogP contribution is -2.11. The van der Waals surface area contributed by atoms with E-state index in [0.29, 0.717) is 10.6 Å². The maximum Gasteiger partial charge on any atom is 0.174 e. The van der Waals surface area contributed by atoms with Crippen LogP contribution in [-0.4, -0.2) is 0 Å². The lowest BCUT2D eigenvalue weighted by Gasteiger charge is -2.12. The van der Waals surface area contributed by atoms with Crippen LogP contribution in [0, 0.1) is 0 Å². The van der Waals surface area contributed by atoms with E-state index < -0.39 is 0 Å². The molecule has 1 atom stereocenters. The van der Waals surface area contributed by atoms with E-state index in [4.69, 9.17) is 10.2 Å². The number of rotatable bonds is 3. The van der Waals surface area contributed by atoms with E-state index in [2.05, 4.69) is 54.0 Å². The fourth-order valence-electron chi connectivity index (χ4n) is 1.79. The van der Waals surface area contributed by atoms with Crippen molar-refractivity contribution in [3.63, 3.8) is 0 Å². The molecular weight excluding hydrogens is 278 g/mol. The Morgan fingerprint density at radius 3 is 2.12 bits per heavy atom. The highest BCUT2D eigenvalue weighted by molar-refractivity contribution is 9.10. The van der Waals surface area contributed by atoms with Crippen molar-refractivity contribution in [2.24, 2.45) is 5.73 Å². The van der Waals surface area contributed by atoms with Gasteiger partial charge in [0.15, 0.2) is 4.67 Å². The molecule has 2 N–H and O–H groups in total. The predicted molar refractivity (Wildman–Crippen MR) is 73.0 cm³/mol. The molecule has 1 heterocycles. The van der Waals surface area contributed by atoms with Gasteiger partial charge in [0, 0.05) is 5.56 Å². The van der Waals surface area contributed by atoms with Gasteiger partial charge in [-0.25, -0.2) is 0 Å². The highest BCUT2D eigenvalue weighted by Crippen LogP contribution is 2.28. The Labute approximate surface area is 110 Å². The van der Waals surface area contributed by atoms with Crippen LogP contribution in [0.2, 0.25) is 0 Å². The van der Waals surface area contributed by atoms with Crippen LogP contribution in [0.4, 0.5) is 0 Å². The summed E-state index contributed by atoms with van der Waals surface area (Å²) in [6, 6.07) is 10.2. The zero-order chi connectivity index (χ0) is 12.4. The Hall–Kier alpha value is -1.06. The van der Waals surface area contributed by atoms with Crippen LogP contribution in [0.3, 0.4) is 0 Å². The summed E-state index contributed by atoms with van der Waals surface area (Å²) in [6.07, 6.45) is 1.64. The zero-order valence-corrected chi connectivity index (χ0v) is 11.6. The second-order valence-corrected chi connectivity index (χ2v) is 5.17. The Balaban J connectivity index is 2.26. The van der Waals surface area contributed by atoms with Gasteiger partial charge >= 0.3 is 0 Å². The van der Waals surface area contributed by atoms with Crippen molar-refractivity contribution in [3.05, 3.63) is 58.0 Å². The van der Waals surface area contributed by atoms with Crippen molar-refractivity contribution in [1.29, 1.82) is 0 Å². The van der Waals surface area contributed by atoms with Gasteiger partial charge in [-0.1, -0.05) is 38.1 Å². The molecule has 90 valence electrons. The summed E-state index contributed by atoms with van der Waals surface area (Å²) in [7, 11) is 0. The van der Waals surface area contributed by atoms with Gasteiger partial charge in [0.2, 0.25) is 0 Å². The first kappa shape index (κ1) is 12.4. The van der Waals surface area contributed by atoms with E-state index in [1.807, 2.05) is 6.07 Å². The van der Waals surface area contributed by atoms with E-state index in [1.165, 1.54) is 5.56 Å². The van der Waals surface area contributed by atoms with Crippen LogP contribution < -0.4 is 5.73 Å². The molecule has 0 saturated carbocycles. The summed E-state index contributed by atoms with van der Waals surface area (Å²) in [5.74, 6) is 0.543. The van der Waals surface area contributed by atoms with Gasteiger partial charge in [-0.3, -0.25) is 0 Å². The topological polar surface area (TPSA) is 39.2 Å². The van der Waals surface area contributed by atoms with Crippen molar-refractivity contribution in [1.82, 2.24) is 0 Å². The van der Waals surface area contributed by atoms with Gasteiger partial charge < -0.3 is 10.2 Å². The predicted octanol–water partition coefficient (Wildman–Crippen LogP) is 4.21.